The van der Waals surface area contributed by atoms with Gasteiger partial charge in [0.2, 0.25) is 0 Å². The van der Waals surface area contributed by atoms with E-state index < -0.39 is 5.97 Å². The van der Waals surface area contributed by atoms with Crippen LogP contribution in [0.1, 0.15) is 25.0 Å². The Bertz CT molecular complexity index is 766. The van der Waals surface area contributed by atoms with E-state index in [4.69, 9.17) is 9.47 Å². The van der Waals surface area contributed by atoms with Crippen LogP contribution in [0.15, 0.2) is 54.6 Å². The van der Waals surface area contributed by atoms with E-state index in [1.54, 1.807) is 6.08 Å². The van der Waals surface area contributed by atoms with Gasteiger partial charge in [0.25, 0.3) is 5.91 Å². The van der Waals surface area contributed by atoms with Crippen LogP contribution in [0.25, 0.3) is 6.08 Å². The molecule has 0 aromatic heterocycles. The third-order valence-corrected chi connectivity index (χ3v) is 3.61. The summed E-state index contributed by atoms with van der Waals surface area (Å²) in [7, 11) is 0. The fourth-order valence-electron chi connectivity index (χ4n) is 2.27. The molecule has 26 heavy (non-hydrogen) atoms. The second-order valence-corrected chi connectivity index (χ2v) is 5.51. The predicted molar refractivity (Wildman–Crippen MR) is 102 cm³/mol. The largest absolute Gasteiger partial charge is 0.493 e. The van der Waals surface area contributed by atoms with Crippen molar-refractivity contribution in [3.05, 3.63) is 65.7 Å². The van der Waals surface area contributed by atoms with Crippen LogP contribution in [-0.2, 0) is 20.7 Å². The van der Waals surface area contributed by atoms with E-state index in [2.05, 4.69) is 12.2 Å². The van der Waals surface area contributed by atoms with Gasteiger partial charge in [-0.3, -0.25) is 4.79 Å². The Morgan fingerprint density at radius 1 is 1.04 bits per heavy atom. The Labute approximate surface area is 153 Å². The number of aryl methyl sites for hydroxylation is 1. The van der Waals surface area contributed by atoms with Gasteiger partial charge in [-0.05, 0) is 43.2 Å². The summed E-state index contributed by atoms with van der Waals surface area (Å²) in [6, 6.07) is 14.9. The van der Waals surface area contributed by atoms with Gasteiger partial charge >= 0.3 is 5.97 Å². The first kappa shape index (κ1) is 19.2. The maximum absolute atomic E-state index is 11.9. The van der Waals surface area contributed by atoms with Crippen LogP contribution in [-0.4, -0.2) is 25.1 Å². The molecular weight excluding hydrogens is 330 g/mol. The van der Waals surface area contributed by atoms with Crippen molar-refractivity contribution < 1.29 is 19.1 Å². The van der Waals surface area contributed by atoms with Gasteiger partial charge in [-0.1, -0.05) is 37.3 Å². The number of carbonyl (C=O) groups excluding carboxylic acids is 2. The second-order valence-electron chi connectivity index (χ2n) is 5.51. The summed E-state index contributed by atoms with van der Waals surface area (Å²) >= 11 is 0. The van der Waals surface area contributed by atoms with Crippen molar-refractivity contribution >= 4 is 23.6 Å². The van der Waals surface area contributed by atoms with Crippen LogP contribution in [0, 0.1) is 0 Å². The fourth-order valence-corrected chi connectivity index (χ4v) is 2.27. The van der Waals surface area contributed by atoms with Gasteiger partial charge in [0.15, 0.2) is 6.61 Å². The summed E-state index contributed by atoms with van der Waals surface area (Å²) in [5, 5.41) is 2.69. The molecule has 0 radical (unpaired) electrons. The van der Waals surface area contributed by atoms with Crippen molar-refractivity contribution in [2.24, 2.45) is 0 Å². The molecule has 0 unspecified atom stereocenters. The lowest BCUT2D eigenvalue weighted by molar-refractivity contribution is -0.142. The predicted octanol–water partition coefficient (Wildman–Crippen LogP) is 3.84. The van der Waals surface area contributed by atoms with E-state index in [-0.39, 0.29) is 12.5 Å². The Morgan fingerprint density at radius 2 is 1.77 bits per heavy atom. The first-order chi connectivity index (χ1) is 12.6. The smallest absolute Gasteiger partial charge is 0.331 e. The van der Waals surface area contributed by atoms with Crippen molar-refractivity contribution in [1.29, 1.82) is 0 Å². The molecular formula is C21H23NO4. The normalized spacial score (nSPS) is 10.5. The lowest BCUT2D eigenvalue weighted by Crippen LogP contribution is -2.20. The summed E-state index contributed by atoms with van der Waals surface area (Å²) < 4.78 is 10.4. The molecule has 0 spiro atoms. The van der Waals surface area contributed by atoms with Crippen molar-refractivity contribution in [1.82, 2.24) is 0 Å². The monoisotopic (exact) mass is 353 g/mol. The highest BCUT2D eigenvalue weighted by molar-refractivity contribution is 5.94. The third-order valence-electron chi connectivity index (χ3n) is 3.61. The summed E-state index contributed by atoms with van der Waals surface area (Å²) in [6.07, 6.45) is 3.82. The first-order valence-corrected chi connectivity index (χ1v) is 8.57. The number of benzene rings is 2. The van der Waals surface area contributed by atoms with E-state index in [9.17, 15) is 9.59 Å². The molecule has 0 aliphatic rings. The van der Waals surface area contributed by atoms with Crippen LogP contribution in [0.4, 0.5) is 5.69 Å². The molecule has 2 rings (SSSR count). The minimum absolute atomic E-state index is 0.341. The van der Waals surface area contributed by atoms with Crippen LogP contribution < -0.4 is 10.1 Å². The standard InChI is InChI=1S/C21H23NO4/c1-3-16-9-12-18(13-10-16)22-20(23)15-26-21(24)14-11-17-7-5-6-8-19(17)25-4-2/h5-14H,3-4,15H2,1-2H3,(H,22,23)/b14-11+. The SMILES string of the molecule is CCOc1ccccc1/C=C/C(=O)OCC(=O)Nc1ccc(CC)cc1. The number of ether oxygens (including phenoxy) is 2. The second kappa shape index (κ2) is 10.0. The molecule has 0 aliphatic carbocycles. The minimum atomic E-state index is -0.590. The molecule has 1 amide bonds. The Morgan fingerprint density at radius 3 is 2.46 bits per heavy atom. The number of nitrogens with one attached hydrogen (secondary N) is 1. The highest BCUT2D eigenvalue weighted by atomic mass is 16.5. The third kappa shape index (κ3) is 6.09. The summed E-state index contributed by atoms with van der Waals surface area (Å²) in [6.45, 7) is 4.15. The van der Waals surface area contributed by atoms with Gasteiger partial charge in [-0.25, -0.2) is 4.79 Å². The average molecular weight is 353 g/mol. The molecule has 2 aromatic carbocycles. The van der Waals surface area contributed by atoms with Gasteiger partial charge in [0, 0.05) is 17.3 Å². The zero-order valence-corrected chi connectivity index (χ0v) is 15.0. The number of hydrogen-bond donors (Lipinski definition) is 1. The minimum Gasteiger partial charge on any atom is -0.493 e. The first-order valence-electron chi connectivity index (χ1n) is 8.57. The van der Waals surface area contributed by atoms with Gasteiger partial charge in [-0.2, -0.15) is 0 Å². The quantitative estimate of drug-likeness (QED) is 0.578. The molecule has 0 saturated heterocycles. The molecule has 136 valence electrons. The Balaban J connectivity index is 1.83. The number of rotatable bonds is 8. The summed E-state index contributed by atoms with van der Waals surface area (Å²) in [4.78, 5) is 23.6. The Kier molecular flexibility index (Phi) is 7.43. The highest BCUT2D eigenvalue weighted by Gasteiger charge is 2.06. The number of para-hydroxylation sites is 1. The van der Waals surface area contributed by atoms with Gasteiger partial charge < -0.3 is 14.8 Å². The van der Waals surface area contributed by atoms with Crippen LogP contribution in [0.5, 0.6) is 5.75 Å². The van der Waals surface area contributed by atoms with Crippen LogP contribution in [0.2, 0.25) is 0 Å². The lowest BCUT2D eigenvalue weighted by Gasteiger charge is -2.07. The Hall–Kier alpha value is -3.08. The van der Waals surface area contributed by atoms with E-state index in [1.165, 1.54) is 11.6 Å². The zero-order valence-electron chi connectivity index (χ0n) is 15.0. The molecule has 0 atom stereocenters. The molecule has 0 heterocycles. The molecule has 0 aliphatic heterocycles. The van der Waals surface area contributed by atoms with E-state index in [1.807, 2.05) is 55.5 Å². The van der Waals surface area contributed by atoms with Crippen LogP contribution >= 0.6 is 0 Å². The van der Waals surface area contributed by atoms with Crippen molar-refractivity contribution in [2.75, 3.05) is 18.5 Å². The maximum atomic E-state index is 11.9. The number of esters is 1. The average Bonchev–Trinajstić information content (AvgIpc) is 2.66. The molecule has 5 heteroatoms. The van der Waals surface area contributed by atoms with Crippen molar-refractivity contribution in [3.8, 4) is 5.75 Å². The molecule has 2 aromatic rings. The van der Waals surface area contributed by atoms with E-state index in [0.29, 0.717) is 18.0 Å². The summed E-state index contributed by atoms with van der Waals surface area (Å²) in [5.41, 5.74) is 2.63. The molecule has 0 bridgehead atoms. The topological polar surface area (TPSA) is 64.6 Å². The van der Waals surface area contributed by atoms with Gasteiger partial charge in [0.05, 0.1) is 6.61 Å². The number of carbonyl (C=O) groups is 2. The van der Waals surface area contributed by atoms with Gasteiger partial charge in [0.1, 0.15) is 5.75 Å². The maximum Gasteiger partial charge on any atom is 0.331 e. The van der Waals surface area contributed by atoms with Crippen LogP contribution in [0.3, 0.4) is 0 Å². The molecule has 0 saturated carbocycles. The summed E-state index contributed by atoms with van der Waals surface area (Å²) in [5.74, 6) is -0.286. The highest BCUT2D eigenvalue weighted by Crippen LogP contribution is 2.19. The zero-order chi connectivity index (χ0) is 18.8. The fraction of sp³-hybridized carbons (Fsp3) is 0.238. The molecule has 1 N–H and O–H groups in total. The molecule has 5 nitrogen and oxygen atoms in total. The number of anilines is 1. The molecule has 0 fully saturated rings. The van der Waals surface area contributed by atoms with Crippen molar-refractivity contribution in [3.63, 3.8) is 0 Å². The number of hydrogen-bond acceptors (Lipinski definition) is 4. The van der Waals surface area contributed by atoms with E-state index in [0.717, 1.165) is 12.0 Å². The lowest BCUT2D eigenvalue weighted by atomic mass is 10.1. The van der Waals surface area contributed by atoms with Crippen molar-refractivity contribution in [2.45, 2.75) is 20.3 Å². The van der Waals surface area contributed by atoms with Gasteiger partial charge in [-0.15, -0.1) is 0 Å². The number of amides is 1. The van der Waals surface area contributed by atoms with E-state index >= 15 is 0 Å².